The van der Waals surface area contributed by atoms with Crippen LogP contribution in [0.2, 0.25) is 0 Å². The van der Waals surface area contributed by atoms with E-state index in [0.29, 0.717) is 5.16 Å². The Morgan fingerprint density at radius 1 is 1.31 bits per heavy atom. The lowest BCUT2D eigenvalue weighted by atomic mass is 10.1. The van der Waals surface area contributed by atoms with Gasteiger partial charge in [-0.25, -0.2) is 0 Å². The molecular weight excluding hydrogens is 222 g/mol. The third-order valence-corrected chi connectivity index (χ3v) is 3.15. The minimum atomic E-state index is -1.08. The zero-order valence-electron chi connectivity index (χ0n) is 9.04. The van der Waals surface area contributed by atoms with Gasteiger partial charge in [0.15, 0.2) is 0 Å². The average Bonchev–Trinajstić information content (AvgIpc) is 2.76. The van der Waals surface area contributed by atoms with E-state index in [2.05, 4.69) is 22.3 Å². The number of hydrogen-bond acceptors (Lipinski definition) is 3. The number of benzene rings is 1. The van der Waals surface area contributed by atoms with Crippen LogP contribution in [0.1, 0.15) is 5.56 Å². The Morgan fingerprint density at radius 3 is 2.75 bits per heavy atom. The van der Waals surface area contributed by atoms with Gasteiger partial charge in [0.05, 0.1) is 10.8 Å². The lowest BCUT2D eigenvalue weighted by Crippen LogP contribution is -2.06. The standard InChI is InChI=1S/C11H13N3OS/c1-16(15)11-13-12-9-14(11)8-7-10-5-3-2-4-6-10/h2-6,9H,7-8H2,1H3/t16-/m1/s1. The van der Waals surface area contributed by atoms with Gasteiger partial charge in [0.1, 0.15) is 6.33 Å². The van der Waals surface area contributed by atoms with Crippen molar-refractivity contribution in [3.8, 4) is 0 Å². The molecule has 2 aromatic rings. The molecule has 0 aliphatic carbocycles. The first-order valence-electron chi connectivity index (χ1n) is 5.02. The highest BCUT2D eigenvalue weighted by Crippen LogP contribution is 2.05. The quantitative estimate of drug-likeness (QED) is 0.801. The predicted molar refractivity (Wildman–Crippen MR) is 62.5 cm³/mol. The van der Waals surface area contributed by atoms with E-state index in [1.807, 2.05) is 22.8 Å². The second-order valence-electron chi connectivity index (χ2n) is 3.50. The highest BCUT2D eigenvalue weighted by atomic mass is 32.2. The maximum absolute atomic E-state index is 11.3. The number of aryl methyl sites for hydroxylation is 2. The molecule has 0 bridgehead atoms. The van der Waals surface area contributed by atoms with E-state index in [-0.39, 0.29) is 0 Å². The third kappa shape index (κ3) is 2.55. The molecule has 1 heterocycles. The number of aromatic nitrogens is 3. The lowest BCUT2D eigenvalue weighted by Gasteiger charge is -2.04. The Bertz CT molecular complexity index is 481. The molecule has 84 valence electrons. The van der Waals surface area contributed by atoms with Crippen LogP contribution >= 0.6 is 0 Å². The van der Waals surface area contributed by atoms with Crippen LogP contribution in [0, 0.1) is 0 Å². The predicted octanol–water partition coefficient (Wildman–Crippen LogP) is 1.26. The van der Waals surface area contributed by atoms with Gasteiger partial charge in [0, 0.05) is 12.8 Å². The summed E-state index contributed by atoms with van der Waals surface area (Å²) in [6.07, 6.45) is 4.13. The molecule has 5 heteroatoms. The summed E-state index contributed by atoms with van der Waals surface area (Å²) in [5.41, 5.74) is 1.25. The first-order chi connectivity index (χ1) is 7.77. The molecule has 0 saturated carbocycles. The summed E-state index contributed by atoms with van der Waals surface area (Å²) in [5.74, 6) is 0. The van der Waals surface area contributed by atoms with Gasteiger partial charge in [-0.1, -0.05) is 30.3 Å². The van der Waals surface area contributed by atoms with Crippen molar-refractivity contribution in [3.63, 3.8) is 0 Å². The topological polar surface area (TPSA) is 47.8 Å². The summed E-state index contributed by atoms with van der Waals surface area (Å²) in [7, 11) is -1.08. The molecule has 0 unspecified atom stereocenters. The minimum absolute atomic E-state index is 0.538. The summed E-state index contributed by atoms with van der Waals surface area (Å²) in [6.45, 7) is 0.756. The van der Waals surface area contributed by atoms with Crippen LogP contribution in [0.3, 0.4) is 0 Å². The van der Waals surface area contributed by atoms with E-state index >= 15 is 0 Å². The van der Waals surface area contributed by atoms with Crippen LogP contribution in [0.15, 0.2) is 41.8 Å². The molecule has 16 heavy (non-hydrogen) atoms. The van der Waals surface area contributed by atoms with Crippen LogP contribution in [-0.2, 0) is 23.8 Å². The summed E-state index contributed by atoms with van der Waals surface area (Å²) in [5, 5.41) is 8.15. The molecule has 0 N–H and O–H groups in total. The third-order valence-electron chi connectivity index (χ3n) is 2.32. The van der Waals surface area contributed by atoms with Crippen LogP contribution in [0.5, 0.6) is 0 Å². The summed E-state index contributed by atoms with van der Waals surface area (Å²) in [6, 6.07) is 10.2. The number of rotatable bonds is 4. The molecule has 1 aromatic carbocycles. The fraction of sp³-hybridized carbons (Fsp3) is 0.273. The molecule has 2 rings (SSSR count). The number of hydrogen-bond donors (Lipinski definition) is 0. The van der Waals surface area contributed by atoms with E-state index in [9.17, 15) is 4.21 Å². The van der Waals surface area contributed by atoms with Crippen molar-refractivity contribution in [2.24, 2.45) is 0 Å². The Kier molecular flexibility index (Phi) is 3.46. The van der Waals surface area contributed by atoms with Gasteiger partial charge in [-0.3, -0.25) is 4.21 Å². The smallest absolute Gasteiger partial charge is 0.221 e. The van der Waals surface area contributed by atoms with E-state index < -0.39 is 10.8 Å². The molecule has 0 aliphatic rings. The lowest BCUT2D eigenvalue weighted by molar-refractivity contribution is 0.614. The maximum Gasteiger partial charge on any atom is 0.221 e. The average molecular weight is 235 g/mol. The molecule has 0 aliphatic heterocycles. The first-order valence-corrected chi connectivity index (χ1v) is 6.58. The Labute approximate surface area is 96.8 Å². The fourth-order valence-electron chi connectivity index (χ4n) is 1.51. The van der Waals surface area contributed by atoms with Crippen molar-refractivity contribution < 1.29 is 4.21 Å². The van der Waals surface area contributed by atoms with E-state index in [0.717, 1.165) is 13.0 Å². The van der Waals surface area contributed by atoms with Crippen molar-refractivity contribution >= 4 is 10.8 Å². The molecule has 0 radical (unpaired) electrons. The van der Waals surface area contributed by atoms with Gasteiger partial charge in [0.2, 0.25) is 5.16 Å². The normalized spacial score (nSPS) is 12.6. The van der Waals surface area contributed by atoms with Crippen LogP contribution in [-0.4, -0.2) is 25.2 Å². The van der Waals surface area contributed by atoms with Crippen molar-refractivity contribution in [1.29, 1.82) is 0 Å². The van der Waals surface area contributed by atoms with Gasteiger partial charge in [0.25, 0.3) is 0 Å². The molecule has 4 nitrogen and oxygen atoms in total. The second kappa shape index (κ2) is 5.03. The summed E-state index contributed by atoms with van der Waals surface area (Å²) < 4.78 is 13.2. The largest absolute Gasteiger partial charge is 0.306 e. The highest BCUT2D eigenvalue weighted by molar-refractivity contribution is 7.84. The monoisotopic (exact) mass is 235 g/mol. The van der Waals surface area contributed by atoms with Gasteiger partial charge in [-0.15, -0.1) is 10.2 Å². The zero-order valence-corrected chi connectivity index (χ0v) is 9.85. The molecule has 0 spiro atoms. The Hall–Kier alpha value is -1.49. The van der Waals surface area contributed by atoms with Gasteiger partial charge in [-0.05, 0) is 12.0 Å². The maximum atomic E-state index is 11.3. The first kappa shape index (κ1) is 11.0. The molecule has 0 amide bonds. The van der Waals surface area contributed by atoms with Crippen molar-refractivity contribution in [2.75, 3.05) is 6.26 Å². The number of nitrogens with zero attached hydrogens (tertiary/aromatic N) is 3. The summed E-state index contributed by atoms with van der Waals surface area (Å²) in [4.78, 5) is 0. The minimum Gasteiger partial charge on any atom is -0.306 e. The summed E-state index contributed by atoms with van der Waals surface area (Å²) >= 11 is 0. The zero-order chi connectivity index (χ0) is 11.4. The molecular formula is C11H13N3OS. The Morgan fingerprint density at radius 2 is 2.06 bits per heavy atom. The van der Waals surface area contributed by atoms with Crippen molar-refractivity contribution in [2.45, 2.75) is 18.1 Å². The van der Waals surface area contributed by atoms with E-state index in [1.54, 1.807) is 12.6 Å². The molecule has 1 atom stereocenters. The SMILES string of the molecule is C[S@@](=O)c1nncn1CCc1ccccc1. The van der Waals surface area contributed by atoms with Crippen LogP contribution in [0.25, 0.3) is 0 Å². The highest BCUT2D eigenvalue weighted by Gasteiger charge is 2.07. The van der Waals surface area contributed by atoms with Crippen molar-refractivity contribution in [3.05, 3.63) is 42.2 Å². The second-order valence-corrected chi connectivity index (χ2v) is 4.77. The van der Waals surface area contributed by atoms with Gasteiger partial charge in [-0.2, -0.15) is 0 Å². The molecule has 1 aromatic heterocycles. The van der Waals surface area contributed by atoms with E-state index in [1.165, 1.54) is 5.56 Å². The van der Waals surface area contributed by atoms with Gasteiger partial charge < -0.3 is 4.57 Å². The van der Waals surface area contributed by atoms with Crippen LogP contribution < -0.4 is 0 Å². The van der Waals surface area contributed by atoms with Gasteiger partial charge >= 0.3 is 0 Å². The van der Waals surface area contributed by atoms with E-state index in [4.69, 9.17) is 0 Å². The van der Waals surface area contributed by atoms with Crippen molar-refractivity contribution in [1.82, 2.24) is 14.8 Å². The fourth-order valence-corrected chi connectivity index (χ4v) is 2.15. The van der Waals surface area contributed by atoms with Crippen LogP contribution in [0.4, 0.5) is 0 Å². The Balaban J connectivity index is 2.05. The molecule has 0 fully saturated rings. The molecule has 0 saturated heterocycles.